The standard InChI is InChI=1S/C12H19N5O3/c1-7-5-9(11(18)19)3-4-17(7)12(20)15-8(2)10-13-6-14-16-10/h6-9H,3-5H2,1-2H3,(H,15,20)(H,18,19)(H,13,14,16). The molecule has 1 aromatic rings. The average Bonchev–Trinajstić information content (AvgIpc) is 2.92. The first kappa shape index (κ1) is 14.3. The number of carbonyl (C=O) groups excluding carboxylic acids is 1. The summed E-state index contributed by atoms with van der Waals surface area (Å²) in [6, 6.07) is -0.564. The number of urea groups is 1. The van der Waals surface area contributed by atoms with E-state index in [0.717, 1.165) is 0 Å². The van der Waals surface area contributed by atoms with E-state index in [0.29, 0.717) is 25.2 Å². The number of carboxylic acid groups (broad SMARTS) is 1. The van der Waals surface area contributed by atoms with Gasteiger partial charge in [-0.2, -0.15) is 5.10 Å². The van der Waals surface area contributed by atoms with Crippen LogP contribution in [-0.2, 0) is 4.79 Å². The van der Waals surface area contributed by atoms with E-state index < -0.39 is 5.97 Å². The van der Waals surface area contributed by atoms with Crippen molar-refractivity contribution < 1.29 is 14.7 Å². The molecule has 1 aliphatic heterocycles. The molecule has 1 aromatic heterocycles. The second-order valence-electron chi connectivity index (χ2n) is 5.14. The minimum absolute atomic E-state index is 0.0909. The lowest BCUT2D eigenvalue weighted by atomic mass is 9.92. The summed E-state index contributed by atoms with van der Waals surface area (Å²) < 4.78 is 0. The summed E-state index contributed by atoms with van der Waals surface area (Å²) in [6.45, 7) is 4.13. The van der Waals surface area contributed by atoms with Gasteiger partial charge in [0.15, 0.2) is 0 Å². The third-order valence-corrected chi connectivity index (χ3v) is 3.67. The molecule has 1 saturated heterocycles. The third kappa shape index (κ3) is 3.06. The Morgan fingerprint density at radius 1 is 1.60 bits per heavy atom. The van der Waals surface area contributed by atoms with Crippen molar-refractivity contribution in [1.82, 2.24) is 25.4 Å². The Hall–Kier alpha value is -2.12. The van der Waals surface area contributed by atoms with Gasteiger partial charge in [0.25, 0.3) is 0 Å². The molecule has 0 radical (unpaired) electrons. The van der Waals surface area contributed by atoms with E-state index in [-0.39, 0.29) is 24.0 Å². The van der Waals surface area contributed by atoms with E-state index in [9.17, 15) is 9.59 Å². The molecule has 0 saturated carbocycles. The van der Waals surface area contributed by atoms with Crippen LogP contribution in [0.5, 0.6) is 0 Å². The van der Waals surface area contributed by atoms with Crippen LogP contribution in [0.4, 0.5) is 4.79 Å². The molecule has 1 fully saturated rings. The van der Waals surface area contributed by atoms with Crippen LogP contribution in [0.25, 0.3) is 0 Å². The zero-order valence-corrected chi connectivity index (χ0v) is 11.5. The first-order chi connectivity index (χ1) is 9.49. The normalized spacial score (nSPS) is 24.2. The molecular formula is C12H19N5O3. The van der Waals surface area contributed by atoms with Crippen molar-refractivity contribution in [2.75, 3.05) is 6.54 Å². The van der Waals surface area contributed by atoms with Gasteiger partial charge in [0.1, 0.15) is 12.2 Å². The SMILES string of the molecule is CC(NC(=O)N1CCC(C(=O)O)CC1C)c1ncn[nH]1. The number of hydrogen-bond donors (Lipinski definition) is 3. The van der Waals surface area contributed by atoms with Crippen molar-refractivity contribution in [3.8, 4) is 0 Å². The number of aromatic amines is 1. The van der Waals surface area contributed by atoms with Crippen molar-refractivity contribution in [3.05, 3.63) is 12.2 Å². The van der Waals surface area contributed by atoms with Crippen LogP contribution in [0.15, 0.2) is 6.33 Å². The molecule has 8 heteroatoms. The molecule has 1 aliphatic rings. The molecule has 0 spiro atoms. The maximum atomic E-state index is 12.2. The number of nitrogens with zero attached hydrogens (tertiary/aromatic N) is 3. The number of likely N-dealkylation sites (tertiary alicyclic amines) is 1. The summed E-state index contributed by atoms with van der Waals surface area (Å²) >= 11 is 0. The molecule has 0 bridgehead atoms. The first-order valence-corrected chi connectivity index (χ1v) is 6.64. The van der Waals surface area contributed by atoms with E-state index in [4.69, 9.17) is 5.11 Å². The van der Waals surface area contributed by atoms with Crippen LogP contribution in [0.2, 0.25) is 0 Å². The van der Waals surface area contributed by atoms with E-state index in [1.54, 1.807) is 4.90 Å². The Kier molecular flexibility index (Phi) is 4.21. The van der Waals surface area contributed by atoms with E-state index >= 15 is 0 Å². The third-order valence-electron chi connectivity index (χ3n) is 3.67. The summed E-state index contributed by atoms with van der Waals surface area (Å²) in [5.74, 6) is -0.556. The molecule has 2 amide bonds. The quantitative estimate of drug-likeness (QED) is 0.757. The van der Waals surface area contributed by atoms with Crippen LogP contribution < -0.4 is 5.32 Å². The van der Waals surface area contributed by atoms with Crippen molar-refractivity contribution in [2.45, 2.75) is 38.8 Å². The maximum Gasteiger partial charge on any atom is 0.318 e. The molecule has 3 unspecified atom stereocenters. The number of amides is 2. The van der Waals surface area contributed by atoms with Gasteiger partial charge >= 0.3 is 12.0 Å². The summed E-state index contributed by atoms with van der Waals surface area (Å²) in [4.78, 5) is 28.8. The number of rotatable bonds is 3. The summed E-state index contributed by atoms with van der Waals surface area (Å²) in [7, 11) is 0. The van der Waals surface area contributed by atoms with Gasteiger partial charge in [-0.05, 0) is 26.7 Å². The Morgan fingerprint density at radius 3 is 2.90 bits per heavy atom. The molecule has 0 aliphatic carbocycles. The van der Waals surface area contributed by atoms with Crippen LogP contribution >= 0.6 is 0 Å². The van der Waals surface area contributed by atoms with Crippen molar-refractivity contribution >= 4 is 12.0 Å². The molecule has 8 nitrogen and oxygen atoms in total. The molecule has 3 N–H and O–H groups in total. The van der Waals surface area contributed by atoms with Crippen molar-refractivity contribution in [2.24, 2.45) is 5.92 Å². The fraction of sp³-hybridized carbons (Fsp3) is 0.667. The van der Waals surface area contributed by atoms with Crippen LogP contribution in [0.1, 0.15) is 38.6 Å². The summed E-state index contributed by atoms with van der Waals surface area (Å²) in [5, 5.41) is 18.3. The molecule has 3 atom stereocenters. The lowest BCUT2D eigenvalue weighted by molar-refractivity contribution is -0.143. The number of aliphatic carboxylic acids is 1. The number of aromatic nitrogens is 3. The molecule has 2 heterocycles. The van der Waals surface area contributed by atoms with Gasteiger partial charge in [0.2, 0.25) is 0 Å². The number of piperidine rings is 1. The minimum Gasteiger partial charge on any atom is -0.481 e. The van der Waals surface area contributed by atoms with Gasteiger partial charge in [-0.25, -0.2) is 9.78 Å². The van der Waals surface area contributed by atoms with Crippen molar-refractivity contribution in [3.63, 3.8) is 0 Å². The molecule has 0 aromatic carbocycles. The second-order valence-corrected chi connectivity index (χ2v) is 5.14. The lowest BCUT2D eigenvalue weighted by Gasteiger charge is -2.36. The van der Waals surface area contributed by atoms with Crippen LogP contribution in [0, 0.1) is 5.92 Å². The highest BCUT2D eigenvalue weighted by molar-refractivity contribution is 5.76. The Balaban J connectivity index is 1.91. The summed E-state index contributed by atoms with van der Waals surface area (Å²) in [6.07, 6.45) is 2.36. The summed E-state index contributed by atoms with van der Waals surface area (Å²) in [5.41, 5.74) is 0. The second kappa shape index (κ2) is 5.89. The zero-order valence-electron chi connectivity index (χ0n) is 11.5. The molecule has 20 heavy (non-hydrogen) atoms. The Bertz CT molecular complexity index is 475. The zero-order chi connectivity index (χ0) is 14.7. The molecule has 2 rings (SSSR count). The van der Waals surface area contributed by atoms with Gasteiger partial charge in [0.05, 0.1) is 12.0 Å². The first-order valence-electron chi connectivity index (χ1n) is 6.64. The number of nitrogens with one attached hydrogen (secondary N) is 2. The number of carbonyl (C=O) groups is 2. The topological polar surface area (TPSA) is 111 Å². The van der Waals surface area contributed by atoms with Gasteiger partial charge < -0.3 is 15.3 Å². The van der Waals surface area contributed by atoms with Crippen LogP contribution in [-0.4, -0.2) is 49.8 Å². The molecule has 110 valence electrons. The van der Waals surface area contributed by atoms with Gasteiger partial charge in [-0.15, -0.1) is 0 Å². The highest BCUT2D eigenvalue weighted by Crippen LogP contribution is 2.23. The fourth-order valence-corrected chi connectivity index (χ4v) is 2.46. The average molecular weight is 281 g/mol. The van der Waals surface area contributed by atoms with Crippen molar-refractivity contribution in [1.29, 1.82) is 0 Å². The number of H-pyrrole nitrogens is 1. The predicted molar refractivity (Wildman–Crippen MR) is 69.9 cm³/mol. The monoisotopic (exact) mass is 281 g/mol. The maximum absolute atomic E-state index is 12.2. The van der Waals surface area contributed by atoms with E-state index in [2.05, 4.69) is 20.5 Å². The van der Waals surface area contributed by atoms with Gasteiger partial charge in [0, 0.05) is 12.6 Å². The Labute approximate surface area is 116 Å². The highest BCUT2D eigenvalue weighted by Gasteiger charge is 2.32. The van der Waals surface area contributed by atoms with Crippen LogP contribution in [0.3, 0.4) is 0 Å². The number of carboxylic acids is 1. The van der Waals surface area contributed by atoms with Gasteiger partial charge in [-0.3, -0.25) is 9.89 Å². The highest BCUT2D eigenvalue weighted by atomic mass is 16.4. The largest absolute Gasteiger partial charge is 0.481 e. The smallest absolute Gasteiger partial charge is 0.318 e. The number of hydrogen-bond acceptors (Lipinski definition) is 4. The lowest BCUT2D eigenvalue weighted by Crippen LogP contribution is -2.50. The van der Waals surface area contributed by atoms with E-state index in [1.165, 1.54) is 6.33 Å². The minimum atomic E-state index is -0.785. The predicted octanol–water partition coefficient (Wildman–Crippen LogP) is 0.760. The van der Waals surface area contributed by atoms with E-state index in [1.807, 2.05) is 13.8 Å². The van der Waals surface area contributed by atoms with Gasteiger partial charge in [-0.1, -0.05) is 0 Å². The Morgan fingerprint density at radius 2 is 2.35 bits per heavy atom. The molecular weight excluding hydrogens is 262 g/mol. The fourth-order valence-electron chi connectivity index (χ4n) is 2.46.